The summed E-state index contributed by atoms with van der Waals surface area (Å²) in [6.45, 7) is 0. The molecule has 0 N–H and O–H groups in total. The van der Waals surface area contributed by atoms with Crippen molar-refractivity contribution in [3.8, 4) is 0 Å². The molecule has 2 aromatic heterocycles. The molecule has 2 heterocycles. The first-order valence-corrected chi connectivity index (χ1v) is 6.33. The minimum Gasteiger partial charge on any atom is -0.356 e. The number of pyridine rings is 1. The molecule has 0 saturated heterocycles. The Morgan fingerprint density at radius 3 is 2.37 bits per heavy atom. The molecule has 3 rings (SSSR count). The maximum atomic E-state index is 12.1. The van der Waals surface area contributed by atoms with E-state index in [4.69, 9.17) is 0 Å². The van der Waals surface area contributed by atoms with Crippen molar-refractivity contribution in [1.82, 2.24) is 9.13 Å². The summed E-state index contributed by atoms with van der Waals surface area (Å²) in [6.07, 6.45) is 6.70. The number of benzene rings is 1. The summed E-state index contributed by atoms with van der Waals surface area (Å²) in [5.74, 6) is 0. The van der Waals surface area contributed by atoms with Crippen molar-refractivity contribution in [2.24, 2.45) is 14.1 Å². The van der Waals surface area contributed by atoms with Crippen LogP contribution in [0.4, 0.5) is 0 Å². The minimum absolute atomic E-state index is 0.0624. The summed E-state index contributed by atoms with van der Waals surface area (Å²) in [4.78, 5) is 12.1. The Bertz CT molecular complexity index is 782. The predicted octanol–water partition coefficient (Wildman–Crippen LogP) is 2.47. The van der Waals surface area contributed by atoms with Gasteiger partial charge in [0.15, 0.2) is 0 Å². The van der Waals surface area contributed by atoms with E-state index in [9.17, 15) is 4.79 Å². The van der Waals surface area contributed by atoms with Gasteiger partial charge < -0.3 is 9.13 Å². The Morgan fingerprint density at radius 1 is 0.947 bits per heavy atom. The zero-order valence-electron chi connectivity index (χ0n) is 11.1. The van der Waals surface area contributed by atoms with Crippen LogP contribution >= 0.6 is 0 Å². The average Bonchev–Trinajstić information content (AvgIpc) is 2.79. The lowest BCUT2D eigenvalue weighted by molar-refractivity contribution is 0.860. The lowest BCUT2D eigenvalue weighted by Gasteiger charge is -2.06. The summed E-state index contributed by atoms with van der Waals surface area (Å²) in [7, 11) is 3.76. The Morgan fingerprint density at radius 2 is 1.63 bits per heavy atom. The van der Waals surface area contributed by atoms with E-state index in [0.717, 1.165) is 17.2 Å². The van der Waals surface area contributed by atoms with Crippen LogP contribution in [0, 0.1) is 0 Å². The molecule has 0 unspecified atom stereocenters. The van der Waals surface area contributed by atoms with Crippen molar-refractivity contribution in [2.75, 3.05) is 0 Å². The molecule has 1 aromatic carbocycles. The number of hydrogen-bond donors (Lipinski definition) is 0. The molecule has 0 aliphatic rings. The second-order valence-corrected chi connectivity index (χ2v) is 4.98. The van der Waals surface area contributed by atoms with Gasteiger partial charge in [0.1, 0.15) is 0 Å². The molecular formula is C16H16N2O. The first-order chi connectivity index (χ1) is 9.15. The van der Waals surface area contributed by atoms with Gasteiger partial charge in [0.25, 0.3) is 5.56 Å². The summed E-state index contributed by atoms with van der Waals surface area (Å²) in [5.41, 5.74) is 2.50. The highest BCUT2D eigenvalue weighted by Crippen LogP contribution is 2.19. The van der Waals surface area contributed by atoms with E-state index in [-0.39, 0.29) is 5.56 Å². The lowest BCUT2D eigenvalue weighted by atomic mass is 10.0. The van der Waals surface area contributed by atoms with Gasteiger partial charge >= 0.3 is 0 Å². The number of nitrogens with zero attached hydrogens (tertiary/aromatic N) is 2. The highest BCUT2D eigenvalue weighted by molar-refractivity contribution is 5.84. The van der Waals surface area contributed by atoms with E-state index in [1.807, 2.05) is 55.5 Å². The van der Waals surface area contributed by atoms with Gasteiger partial charge in [0.05, 0.1) is 5.39 Å². The monoisotopic (exact) mass is 252 g/mol. The second kappa shape index (κ2) is 4.43. The van der Waals surface area contributed by atoms with Crippen LogP contribution < -0.4 is 5.56 Å². The SMILES string of the molecule is Cn1cc2c(Cc3ccccc3)cn(C)c(=O)c2c1. The van der Waals surface area contributed by atoms with E-state index in [2.05, 4.69) is 12.1 Å². The molecule has 3 heteroatoms. The molecule has 0 aliphatic carbocycles. The first-order valence-electron chi connectivity index (χ1n) is 6.33. The third-order valence-electron chi connectivity index (χ3n) is 3.44. The van der Waals surface area contributed by atoms with Crippen LogP contribution in [0.1, 0.15) is 11.1 Å². The number of aromatic nitrogens is 2. The quantitative estimate of drug-likeness (QED) is 0.688. The normalized spacial score (nSPS) is 11.1. The smallest absolute Gasteiger partial charge is 0.259 e. The summed E-state index contributed by atoms with van der Waals surface area (Å²) >= 11 is 0. The lowest BCUT2D eigenvalue weighted by Crippen LogP contribution is -2.16. The van der Waals surface area contributed by atoms with Crippen molar-refractivity contribution in [3.63, 3.8) is 0 Å². The van der Waals surface area contributed by atoms with Gasteiger partial charge in [0.2, 0.25) is 0 Å². The molecule has 0 bridgehead atoms. The van der Waals surface area contributed by atoms with Gasteiger partial charge in [-0.25, -0.2) is 0 Å². The van der Waals surface area contributed by atoms with Crippen molar-refractivity contribution in [2.45, 2.75) is 6.42 Å². The summed E-state index contributed by atoms with van der Waals surface area (Å²) < 4.78 is 3.61. The van der Waals surface area contributed by atoms with E-state index in [0.29, 0.717) is 0 Å². The molecule has 96 valence electrons. The van der Waals surface area contributed by atoms with Crippen LogP contribution in [0.3, 0.4) is 0 Å². The van der Waals surface area contributed by atoms with Gasteiger partial charge in [-0.15, -0.1) is 0 Å². The van der Waals surface area contributed by atoms with Crippen LogP contribution in [0.5, 0.6) is 0 Å². The maximum absolute atomic E-state index is 12.1. The van der Waals surface area contributed by atoms with E-state index in [1.165, 1.54) is 11.1 Å². The fourth-order valence-corrected chi connectivity index (χ4v) is 2.52. The standard InChI is InChI=1S/C16H16N2O/c1-17-10-14-13(8-12-6-4-3-5-7-12)9-18(2)16(19)15(14)11-17/h3-7,9-11H,8H2,1-2H3. The maximum Gasteiger partial charge on any atom is 0.259 e. The van der Waals surface area contributed by atoms with Crippen LogP contribution in [-0.4, -0.2) is 9.13 Å². The second-order valence-electron chi connectivity index (χ2n) is 4.98. The molecular weight excluding hydrogens is 236 g/mol. The number of aryl methyl sites for hydroxylation is 2. The zero-order valence-corrected chi connectivity index (χ0v) is 11.1. The van der Waals surface area contributed by atoms with E-state index in [1.54, 1.807) is 4.57 Å². The fraction of sp³-hybridized carbons (Fsp3) is 0.188. The van der Waals surface area contributed by atoms with Gasteiger partial charge in [0, 0.05) is 38.1 Å². The van der Waals surface area contributed by atoms with Gasteiger partial charge in [-0.3, -0.25) is 4.79 Å². The highest BCUT2D eigenvalue weighted by Gasteiger charge is 2.09. The summed E-state index contributed by atoms with van der Waals surface area (Å²) in [6, 6.07) is 10.3. The Hall–Kier alpha value is -2.29. The Balaban J connectivity index is 2.18. The molecule has 0 radical (unpaired) electrons. The number of hydrogen-bond acceptors (Lipinski definition) is 1. The van der Waals surface area contributed by atoms with Crippen molar-refractivity contribution in [3.05, 3.63) is 70.4 Å². The molecule has 0 spiro atoms. The minimum atomic E-state index is 0.0624. The molecule has 0 saturated carbocycles. The molecule has 19 heavy (non-hydrogen) atoms. The van der Waals surface area contributed by atoms with E-state index < -0.39 is 0 Å². The molecule has 0 atom stereocenters. The largest absolute Gasteiger partial charge is 0.356 e. The third kappa shape index (κ3) is 2.08. The van der Waals surface area contributed by atoms with E-state index >= 15 is 0 Å². The van der Waals surface area contributed by atoms with Crippen molar-refractivity contribution >= 4 is 10.8 Å². The van der Waals surface area contributed by atoms with Crippen molar-refractivity contribution in [1.29, 1.82) is 0 Å². The van der Waals surface area contributed by atoms with Crippen LogP contribution in [0.2, 0.25) is 0 Å². The molecule has 0 aliphatic heterocycles. The van der Waals surface area contributed by atoms with Gasteiger partial charge in [-0.1, -0.05) is 30.3 Å². The number of fused-ring (bicyclic) bond motifs is 1. The fourth-order valence-electron chi connectivity index (χ4n) is 2.52. The Kier molecular flexibility index (Phi) is 2.75. The molecule has 3 nitrogen and oxygen atoms in total. The summed E-state index contributed by atoms with van der Waals surface area (Å²) in [5, 5.41) is 1.84. The highest BCUT2D eigenvalue weighted by atomic mass is 16.1. The average molecular weight is 252 g/mol. The molecule has 0 amide bonds. The Labute approximate surface area is 111 Å². The zero-order chi connectivity index (χ0) is 13.4. The van der Waals surface area contributed by atoms with Gasteiger partial charge in [-0.2, -0.15) is 0 Å². The van der Waals surface area contributed by atoms with Gasteiger partial charge in [-0.05, 0) is 17.5 Å². The molecule has 3 aromatic rings. The predicted molar refractivity (Wildman–Crippen MR) is 77.4 cm³/mol. The molecule has 0 fully saturated rings. The third-order valence-corrected chi connectivity index (χ3v) is 3.44. The topological polar surface area (TPSA) is 26.9 Å². The van der Waals surface area contributed by atoms with Crippen molar-refractivity contribution < 1.29 is 0 Å². The number of rotatable bonds is 2. The van der Waals surface area contributed by atoms with Crippen LogP contribution in [0.25, 0.3) is 10.8 Å². The van der Waals surface area contributed by atoms with Crippen LogP contribution in [-0.2, 0) is 20.5 Å². The van der Waals surface area contributed by atoms with Crippen LogP contribution in [0.15, 0.2) is 53.7 Å². The first kappa shape index (κ1) is 11.8.